The van der Waals surface area contributed by atoms with Crippen molar-refractivity contribution in [1.29, 1.82) is 0 Å². The molecule has 1 aromatic rings. The van der Waals surface area contributed by atoms with Crippen LogP contribution in [0.4, 0.5) is 0 Å². The number of hydrogen-bond donors (Lipinski definition) is 2. The van der Waals surface area contributed by atoms with Crippen LogP contribution in [0.15, 0.2) is 12.1 Å². The van der Waals surface area contributed by atoms with Gasteiger partial charge in [-0.3, -0.25) is 4.79 Å². The summed E-state index contributed by atoms with van der Waals surface area (Å²) in [7, 11) is 1.11. The Morgan fingerprint density at radius 2 is 1.93 bits per heavy atom. The SMILES string of the molecule is COC(=O)c1c(O)ccc(O)c1C=O. The maximum absolute atomic E-state index is 11.1. The van der Waals surface area contributed by atoms with Gasteiger partial charge in [0.05, 0.1) is 12.7 Å². The molecule has 0 aliphatic carbocycles. The molecule has 14 heavy (non-hydrogen) atoms. The molecule has 0 aliphatic heterocycles. The van der Waals surface area contributed by atoms with E-state index in [-0.39, 0.29) is 23.2 Å². The zero-order valence-corrected chi connectivity index (χ0v) is 7.35. The summed E-state index contributed by atoms with van der Waals surface area (Å²) in [6.45, 7) is 0. The van der Waals surface area contributed by atoms with Gasteiger partial charge in [0, 0.05) is 0 Å². The fourth-order valence-electron chi connectivity index (χ4n) is 1.03. The van der Waals surface area contributed by atoms with Gasteiger partial charge in [0.15, 0.2) is 6.29 Å². The van der Waals surface area contributed by atoms with E-state index in [9.17, 15) is 19.8 Å². The van der Waals surface area contributed by atoms with Crippen LogP contribution in [0.5, 0.6) is 11.5 Å². The van der Waals surface area contributed by atoms with Crippen molar-refractivity contribution in [3.8, 4) is 11.5 Å². The lowest BCUT2D eigenvalue weighted by Gasteiger charge is -2.06. The Balaban J connectivity index is 3.44. The van der Waals surface area contributed by atoms with E-state index in [1.54, 1.807) is 0 Å². The summed E-state index contributed by atoms with van der Waals surface area (Å²) in [6.07, 6.45) is 0.279. The number of esters is 1. The zero-order chi connectivity index (χ0) is 10.7. The molecule has 1 rings (SSSR count). The molecule has 74 valence electrons. The topological polar surface area (TPSA) is 83.8 Å². The molecule has 0 saturated carbocycles. The molecule has 0 atom stereocenters. The van der Waals surface area contributed by atoms with Crippen molar-refractivity contribution in [2.45, 2.75) is 0 Å². The van der Waals surface area contributed by atoms with E-state index in [4.69, 9.17) is 0 Å². The van der Waals surface area contributed by atoms with Gasteiger partial charge in [-0.05, 0) is 12.1 Å². The summed E-state index contributed by atoms with van der Waals surface area (Å²) in [5, 5.41) is 18.5. The summed E-state index contributed by atoms with van der Waals surface area (Å²) < 4.78 is 4.35. The second-order valence-corrected chi connectivity index (χ2v) is 2.50. The zero-order valence-electron chi connectivity index (χ0n) is 7.35. The molecule has 0 saturated heterocycles. The highest BCUT2D eigenvalue weighted by Gasteiger charge is 2.19. The van der Waals surface area contributed by atoms with Gasteiger partial charge in [0.25, 0.3) is 0 Å². The highest BCUT2D eigenvalue weighted by Crippen LogP contribution is 2.27. The molecule has 0 fully saturated rings. The molecular formula is C9H8O5. The molecule has 0 unspecified atom stereocenters. The molecule has 0 amide bonds. The quantitative estimate of drug-likeness (QED) is 0.413. The molecule has 0 heterocycles. The molecule has 0 bridgehead atoms. The van der Waals surface area contributed by atoms with Gasteiger partial charge in [-0.1, -0.05) is 0 Å². The number of benzene rings is 1. The summed E-state index contributed by atoms with van der Waals surface area (Å²) in [5.74, 6) is -1.66. The Morgan fingerprint density at radius 1 is 1.36 bits per heavy atom. The molecule has 5 nitrogen and oxygen atoms in total. The number of carbonyl (C=O) groups excluding carboxylic acids is 2. The van der Waals surface area contributed by atoms with Gasteiger partial charge in [-0.15, -0.1) is 0 Å². The predicted octanol–water partition coefficient (Wildman–Crippen LogP) is 0.697. The lowest BCUT2D eigenvalue weighted by Crippen LogP contribution is -2.05. The molecule has 5 heteroatoms. The summed E-state index contributed by atoms with van der Waals surface area (Å²) >= 11 is 0. The van der Waals surface area contributed by atoms with E-state index in [2.05, 4.69) is 4.74 Å². The number of aldehydes is 1. The van der Waals surface area contributed by atoms with Gasteiger partial charge in [0.1, 0.15) is 17.1 Å². The number of phenols is 2. The lowest BCUT2D eigenvalue weighted by atomic mass is 10.1. The van der Waals surface area contributed by atoms with Crippen molar-refractivity contribution in [2.24, 2.45) is 0 Å². The normalized spacial score (nSPS) is 9.50. The summed E-state index contributed by atoms with van der Waals surface area (Å²) in [6, 6.07) is 2.22. The molecule has 1 aromatic carbocycles. The number of carbonyl (C=O) groups is 2. The third-order valence-electron chi connectivity index (χ3n) is 1.71. The van der Waals surface area contributed by atoms with Crippen molar-refractivity contribution in [3.63, 3.8) is 0 Å². The first kappa shape index (κ1) is 10.0. The van der Waals surface area contributed by atoms with Crippen LogP contribution in [0.25, 0.3) is 0 Å². The van der Waals surface area contributed by atoms with Crippen molar-refractivity contribution < 1.29 is 24.5 Å². The predicted molar refractivity (Wildman–Crippen MR) is 46.5 cm³/mol. The van der Waals surface area contributed by atoms with Crippen LogP contribution in [-0.4, -0.2) is 29.6 Å². The molecule has 0 spiro atoms. The summed E-state index contributed by atoms with van der Waals surface area (Å²) in [4.78, 5) is 21.7. The standard InChI is InChI=1S/C9H8O5/c1-14-9(13)8-5(4-10)6(11)2-3-7(8)12/h2-4,11-12H,1H3. The molecule has 0 radical (unpaired) electrons. The maximum atomic E-state index is 11.1. The third kappa shape index (κ3) is 1.52. The fourth-order valence-corrected chi connectivity index (χ4v) is 1.03. The lowest BCUT2D eigenvalue weighted by molar-refractivity contribution is 0.0594. The van der Waals surface area contributed by atoms with Crippen molar-refractivity contribution in [1.82, 2.24) is 0 Å². The second-order valence-electron chi connectivity index (χ2n) is 2.50. The van der Waals surface area contributed by atoms with Crippen molar-refractivity contribution in [3.05, 3.63) is 23.3 Å². The van der Waals surface area contributed by atoms with E-state index in [0.29, 0.717) is 0 Å². The van der Waals surface area contributed by atoms with Gasteiger partial charge in [-0.2, -0.15) is 0 Å². The van der Waals surface area contributed by atoms with Crippen LogP contribution in [0, 0.1) is 0 Å². The molecule has 0 aromatic heterocycles. The Morgan fingerprint density at radius 3 is 2.43 bits per heavy atom. The number of aromatic hydroxyl groups is 2. The minimum atomic E-state index is -0.875. The first-order valence-electron chi connectivity index (χ1n) is 3.70. The van der Waals surface area contributed by atoms with E-state index in [1.165, 1.54) is 0 Å². The Bertz CT molecular complexity index is 383. The first-order valence-corrected chi connectivity index (χ1v) is 3.70. The average Bonchev–Trinajstić information content (AvgIpc) is 2.19. The molecule has 2 N–H and O–H groups in total. The molecular weight excluding hydrogens is 188 g/mol. The van der Waals surface area contributed by atoms with Crippen LogP contribution >= 0.6 is 0 Å². The van der Waals surface area contributed by atoms with Crippen molar-refractivity contribution in [2.75, 3.05) is 7.11 Å². The van der Waals surface area contributed by atoms with Gasteiger partial charge < -0.3 is 14.9 Å². The Kier molecular flexibility index (Phi) is 2.71. The van der Waals surface area contributed by atoms with Gasteiger partial charge in [-0.25, -0.2) is 4.79 Å². The highest BCUT2D eigenvalue weighted by atomic mass is 16.5. The smallest absolute Gasteiger partial charge is 0.342 e. The molecule has 0 aliphatic rings. The van der Waals surface area contributed by atoms with Crippen LogP contribution in [0.1, 0.15) is 20.7 Å². The van der Waals surface area contributed by atoms with E-state index >= 15 is 0 Å². The number of rotatable bonds is 2. The maximum Gasteiger partial charge on any atom is 0.342 e. The minimum Gasteiger partial charge on any atom is -0.507 e. The average molecular weight is 196 g/mol. The number of methoxy groups -OCH3 is 1. The highest BCUT2D eigenvalue weighted by molar-refractivity contribution is 6.02. The number of phenolic OH excluding ortho intramolecular Hbond substituents is 2. The Labute approximate surface area is 79.6 Å². The van der Waals surface area contributed by atoms with Crippen LogP contribution < -0.4 is 0 Å². The fraction of sp³-hybridized carbons (Fsp3) is 0.111. The largest absolute Gasteiger partial charge is 0.507 e. The summed E-state index contributed by atoms with van der Waals surface area (Å²) in [5.41, 5.74) is -0.612. The van der Waals surface area contributed by atoms with Crippen LogP contribution in [-0.2, 0) is 4.74 Å². The minimum absolute atomic E-state index is 0.279. The van der Waals surface area contributed by atoms with Gasteiger partial charge >= 0.3 is 5.97 Å². The van der Waals surface area contributed by atoms with E-state index in [0.717, 1.165) is 19.2 Å². The number of hydrogen-bond acceptors (Lipinski definition) is 5. The third-order valence-corrected chi connectivity index (χ3v) is 1.71. The van der Waals surface area contributed by atoms with Gasteiger partial charge in [0.2, 0.25) is 0 Å². The van der Waals surface area contributed by atoms with Crippen molar-refractivity contribution >= 4 is 12.3 Å². The van der Waals surface area contributed by atoms with Crippen LogP contribution in [0.3, 0.4) is 0 Å². The monoisotopic (exact) mass is 196 g/mol. The van der Waals surface area contributed by atoms with E-state index < -0.39 is 11.7 Å². The Hall–Kier alpha value is -2.04. The number of ether oxygens (including phenoxy) is 1. The second kappa shape index (κ2) is 3.78. The first-order chi connectivity index (χ1) is 6.61. The van der Waals surface area contributed by atoms with Crippen LogP contribution in [0.2, 0.25) is 0 Å². The van der Waals surface area contributed by atoms with E-state index in [1.807, 2.05) is 0 Å².